The van der Waals surface area contributed by atoms with E-state index in [4.69, 9.17) is 4.74 Å². The molecule has 0 radical (unpaired) electrons. The van der Waals surface area contributed by atoms with Gasteiger partial charge in [0.1, 0.15) is 0 Å². The minimum Gasteiger partial charge on any atom is -0.504 e. The Morgan fingerprint density at radius 2 is 1.50 bits per heavy atom. The van der Waals surface area contributed by atoms with Crippen molar-refractivity contribution in [1.29, 1.82) is 0 Å². The summed E-state index contributed by atoms with van der Waals surface area (Å²) in [6.07, 6.45) is 9.88. The maximum absolute atomic E-state index is 12.5. The minimum atomic E-state index is -0.194. The molecule has 3 nitrogen and oxygen atoms in total. The number of para-hydroxylation sites is 1. The fraction of sp³-hybridized carbons (Fsp3) is 0.435. The van der Waals surface area contributed by atoms with E-state index in [-0.39, 0.29) is 17.1 Å². The first-order chi connectivity index (χ1) is 12.7. The van der Waals surface area contributed by atoms with E-state index < -0.39 is 0 Å². The number of hydrogen-bond donors (Lipinski definition) is 1. The second-order valence-electron chi connectivity index (χ2n) is 6.67. The number of rotatable bonds is 12. The van der Waals surface area contributed by atoms with Crippen LogP contribution in [0.3, 0.4) is 0 Å². The Bertz CT molecular complexity index is 664. The average molecular weight is 354 g/mol. The number of hydrogen-bond acceptors (Lipinski definition) is 3. The van der Waals surface area contributed by atoms with Crippen molar-refractivity contribution in [3.63, 3.8) is 0 Å². The molecule has 3 heteroatoms. The van der Waals surface area contributed by atoms with Crippen molar-refractivity contribution in [3.05, 3.63) is 59.7 Å². The van der Waals surface area contributed by atoms with Gasteiger partial charge in [0, 0.05) is 5.56 Å². The molecule has 140 valence electrons. The van der Waals surface area contributed by atoms with Gasteiger partial charge in [-0.1, -0.05) is 88.3 Å². The Balaban J connectivity index is 1.79. The number of phenols is 1. The van der Waals surface area contributed by atoms with Crippen molar-refractivity contribution < 1.29 is 14.6 Å². The van der Waals surface area contributed by atoms with Gasteiger partial charge in [-0.15, -0.1) is 0 Å². The summed E-state index contributed by atoms with van der Waals surface area (Å²) in [7, 11) is 0. The highest BCUT2D eigenvalue weighted by Crippen LogP contribution is 2.31. The zero-order valence-electron chi connectivity index (χ0n) is 15.7. The maximum atomic E-state index is 12.5. The molecule has 0 saturated heterocycles. The quantitative estimate of drug-likeness (QED) is 0.368. The zero-order chi connectivity index (χ0) is 18.6. The van der Waals surface area contributed by atoms with E-state index in [1.165, 1.54) is 38.5 Å². The molecule has 1 N–H and O–H groups in total. The molecule has 0 saturated carbocycles. The SMILES string of the molecule is CCCCCCCCCCOc1cccc(C(=O)c2ccccc2)c1O. The summed E-state index contributed by atoms with van der Waals surface area (Å²) < 4.78 is 5.71. The molecular weight excluding hydrogens is 324 g/mol. The molecule has 0 fully saturated rings. The second kappa shape index (κ2) is 11.3. The number of carbonyl (C=O) groups excluding carboxylic acids is 1. The van der Waals surface area contributed by atoms with Crippen molar-refractivity contribution >= 4 is 5.78 Å². The van der Waals surface area contributed by atoms with Gasteiger partial charge in [0.25, 0.3) is 0 Å². The van der Waals surface area contributed by atoms with E-state index in [2.05, 4.69) is 6.92 Å². The lowest BCUT2D eigenvalue weighted by Gasteiger charge is -2.11. The van der Waals surface area contributed by atoms with Gasteiger partial charge in [-0.3, -0.25) is 4.79 Å². The molecule has 0 aliphatic heterocycles. The largest absolute Gasteiger partial charge is 0.504 e. The van der Waals surface area contributed by atoms with Crippen LogP contribution < -0.4 is 4.74 Å². The first-order valence-electron chi connectivity index (χ1n) is 9.78. The Labute approximate surface area is 157 Å². The van der Waals surface area contributed by atoms with Gasteiger partial charge in [-0.2, -0.15) is 0 Å². The monoisotopic (exact) mass is 354 g/mol. The lowest BCUT2D eigenvalue weighted by Crippen LogP contribution is -2.04. The van der Waals surface area contributed by atoms with Crippen molar-refractivity contribution in [1.82, 2.24) is 0 Å². The highest BCUT2D eigenvalue weighted by molar-refractivity contribution is 6.11. The molecule has 0 heterocycles. The van der Waals surface area contributed by atoms with Crippen molar-refractivity contribution in [2.75, 3.05) is 6.61 Å². The fourth-order valence-corrected chi connectivity index (χ4v) is 2.99. The van der Waals surface area contributed by atoms with E-state index in [1.807, 2.05) is 18.2 Å². The lowest BCUT2D eigenvalue weighted by atomic mass is 10.0. The van der Waals surface area contributed by atoms with Gasteiger partial charge < -0.3 is 9.84 Å². The van der Waals surface area contributed by atoms with Crippen LogP contribution in [0.25, 0.3) is 0 Å². The molecule has 0 aliphatic carbocycles. The Kier molecular flexibility index (Phi) is 8.74. The van der Waals surface area contributed by atoms with Crippen LogP contribution in [-0.4, -0.2) is 17.5 Å². The summed E-state index contributed by atoms with van der Waals surface area (Å²) in [5.74, 6) is 0.122. The van der Waals surface area contributed by atoms with Crippen LogP contribution in [0.1, 0.15) is 74.2 Å². The fourth-order valence-electron chi connectivity index (χ4n) is 2.99. The minimum absolute atomic E-state index is 0.0686. The highest BCUT2D eigenvalue weighted by atomic mass is 16.5. The molecule has 2 aromatic rings. The van der Waals surface area contributed by atoms with Crippen LogP contribution in [0.4, 0.5) is 0 Å². The van der Waals surface area contributed by atoms with Crippen LogP contribution in [0.2, 0.25) is 0 Å². The van der Waals surface area contributed by atoms with Crippen LogP contribution in [0, 0.1) is 0 Å². The number of ketones is 1. The molecule has 2 aromatic carbocycles. The summed E-state index contributed by atoms with van der Waals surface area (Å²) in [6, 6.07) is 14.1. The predicted octanol–water partition coefficient (Wildman–Crippen LogP) is 6.14. The van der Waals surface area contributed by atoms with Gasteiger partial charge in [-0.05, 0) is 18.6 Å². The molecule has 0 aromatic heterocycles. The zero-order valence-corrected chi connectivity index (χ0v) is 15.7. The topological polar surface area (TPSA) is 46.5 Å². The number of benzene rings is 2. The second-order valence-corrected chi connectivity index (χ2v) is 6.67. The molecule has 0 unspecified atom stereocenters. The third kappa shape index (κ3) is 6.21. The van der Waals surface area contributed by atoms with Crippen LogP contribution in [-0.2, 0) is 0 Å². The summed E-state index contributed by atoms with van der Waals surface area (Å²) in [5.41, 5.74) is 0.840. The van der Waals surface area contributed by atoms with Crippen LogP contribution in [0.5, 0.6) is 11.5 Å². The molecule has 26 heavy (non-hydrogen) atoms. The molecule has 0 atom stereocenters. The van der Waals surface area contributed by atoms with E-state index in [0.29, 0.717) is 17.9 Å². The van der Waals surface area contributed by atoms with E-state index >= 15 is 0 Å². The van der Waals surface area contributed by atoms with Gasteiger partial charge in [-0.25, -0.2) is 0 Å². The van der Waals surface area contributed by atoms with Gasteiger partial charge in [0.2, 0.25) is 0 Å². The molecule has 2 rings (SSSR count). The Morgan fingerprint density at radius 1 is 0.846 bits per heavy atom. The maximum Gasteiger partial charge on any atom is 0.196 e. The normalized spacial score (nSPS) is 10.7. The number of ether oxygens (including phenoxy) is 1. The summed E-state index contributed by atoms with van der Waals surface area (Å²) in [5, 5.41) is 10.4. The summed E-state index contributed by atoms with van der Waals surface area (Å²) in [6.45, 7) is 2.79. The van der Waals surface area contributed by atoms with Gasteiger partial charge in [0.05, 0.1) is 12.2 Å². The van der Waals surface area contributed by atoms with Crippen LogP contribution in [0.15, 0.2) is 48.5 Å². The molecule has 0 amide bonds. The van der Waals surface area contributed by atoms with Crippen molar-refractivity contribution in [2.45, 2.75) is 58.3 Å². The Morgan fingerprint density at radius 3 is 2.19 bits per heavy atom. The molecule has 0 spiro atoms. The first-order valence-corrected chi connectivity index (χ1v) is 9.78. The number of unbranched alkanes of at least 4 members (excludes halogenated alkanes) is 7. The first kappa shape index (κ1) is 20.0. The number of carbonyl (C=O) groups is 1. The standard InChI is InChI=1S/C23H30O3/c1-2-3-4-5-6-7-8-12-18-26-21-17-13-16-20(23(21)25)22(24)19-14-10-9-11-15-19/h9-11,13-17,25H,2-8,12,18H2,1H3. The molecule has 0 bridgehead atoms. The number of phenolic OH excluding ortho intramolecular Hbond substituents is 1. The van der Waals surface area contributed by atoms with Crippen LogP contribution >= 0.6 is 0 Å². The Hall–Kier alpha value is -2.29. The predicted molar refractivity (Wildman–Crippen MR) is 106 cm³/mol. The van der Waals surface area contributed by atoms with Gasteiger partial charge >= 0.3 is 0 Å². The molecular formula is C23H30O3. The third-order valence-corrected chi connectivity index (χ3v) is 4.54. The van der Waals surface area contributed by atoms with E-state index in [0.717, 1.165) is 12.8 Å². The summed E-state index contributed by atoms with van der Waals surface area (Å²) >= 11 is 0. The lowest BCUT2D eigenvalue weighted by molar-refractivity contribution is 0.103. The highest BCUT2D eigenvalue weighted by Gasteiger charge is 2.16. The third-order valence-electron chi connectivity index (χ3n) is 4.54. The van der Waals surface area contributed by atoms with E-state index in [9.17, 15) is 9.90 Å². The van der Waals surface area contributed by atoms with Gasteiger partial charge in [0.15, 0.2) is 17.3 Å². The summed E-state index contributed by atoms with van der Waals surface area (Å²) in [4.78, 5) is 12.5. The van der Waals surface area contributed by atoms with Crippen molar-refractivity contribution in [3.8, 4) is 11.5 Å². The smallest absolute Gasteiger partial charge is 0.196 e. The van der Waals surface area contributed by atoms with Crippen molar-refractivity contribution in [2.24, 2.45) is 0 Å². The number of aromatic hydroxyl groups is 1. The van der Waals surface area contributed by atoms with E-state index in [1.54, 1.807) is 30.3 Å². The average Bonchev–Trinajstić information content (AvgIpc) is 2.68. The molecule has 0 aliphatic rings.